The second kappa shape index (κ2) is 11.5. The lowest BCUT2D eigenvalue weighted by Gasteiger charge is -2.26. The van der Waals surface area contributed by atoms with Crippen LogP contribution in [0.5, 0.6) is 0 Å². The van der Waals surface area contributed by atoms with E-state index in [9.17, 15) is 0 Å². The molecule has 5 nitrogen and oxygen atoms in total. The molecule has 2 fully saturated rings. The van der Waals surface area contributed by atoms with Crippen molar-refractivity contribution in [1.29, 1.82) is 0 Å². The lowest BCUT2D eigenvalue weighted by Crippen LogP contribution is -2.43. The van der Waals surface area contributed by atoms with E-state index in [0.717, 1.165) is 32.1 Å². The standard InChI is InChI=1S/C16H33N5.HI/c1-3-17-16(19-14-15-8-7-10-20(15)2)18-9-13-21-11-5-4-6-12-21;/h15H,3-14H2,1-2H3,(H2,17,18,19);1H. The van der Waals surface area contributed by atoms with E-state index in [0.29, 0.717) is 6.04 Å². The van der Waals surface area contributed by atoms with Crippen molar-refractivity contribution in [2.45, 2.75) is 45.1 Å². The molecule has 1 atom stereocenters. The van der Waals surface area contributed by atoms with Gasteiger partial charge in [-0.05, 0) is 59.3 Å². The molecular weight excluding hydrogens is 389 g/mol. The maximum Gasteiger partial charge on any atom is 0.191 e. The number of guanidine groups is 1. The fourth-order valence-electron chi connectivity index (χ4n) is 3.26. The van der Waals surface area contributed by atoms with Crippen molar-refractivity contribution in [3.05, 3.63) is 0 Å². The summed E-state index contributed by atoms with van der Waals surface area (Å²) in [5, 5.41) is 6.85. The topological polar surface area (TPSA) is 42.9 Å². The molecule has 2 aliphatic rings. The molecule has 0 bridgehead atoms. The molecule has 2 rings (SSSR count). The van der Waals surface area contributed by atoms with E-state index in [1.54, 1.807) is 0 Å². The monoisotopic (exact) mass is 423 g/mol. The van der Waals surface area contributed by atoms with Gasteiger partial charge in [-0.1, -0.05) is 6.42 Å². The van der Waals surface area contributed by atoms with Gasteiger partial charge in [0.15, 0.2) is 5.96 Å². The van der Waals surface area contributed by atoms with E-state index in [4.69, 9.17) is 4.99 Å². The summed E-state index contributed by atoms with van der Waals surface area (Å²) in [4.78, 5) is 9.75. The molecule has 0 amide bonds. The Labute approximate surface area is 153 Å². The summed E-state index contributed by atoms with van der Waals surface area (Å²) < 4.78 is 0. The van der Waals surface area contributed by atoms with Gasteiger partial charge in [-0.25, -0.2) is 0 Å². The molecule has 0 spiro atoms. The minimum absolute atomic E-state index is 0. The molecule has 0 aromatic rings. The summed E-state index contributed by atoms with van der Waals surface area (Å²) in [6, 6.07) is 0.627. The predicted octanol–water partition coefficient (Wildman–Crippen LogP) is 1.74. The van der Waals surface area contributed by atoms with Crippen molar-refractivity contribution < 1.29 is 0 Å². The third kappa shape index (κ3) is 7.00. The number of rotatable bonds is 6. The first-order chi connectivity index (χ1) is 10.3. The third-order valence-corrected chi connectivity index (χ3v) is 4.65. The minimum atomic E-state index is 0. The van der Waals surface area contributed by atoms with E-state index in [1.807, 2.05) is 0 Å². The Morgan fingerprint density at radius 1 is 1.09 bits per heavy atom. The van der Waals surface area contributed by atoms with Gasteiger partial charge >= 0.3 is 0 Å². The Morgan fingerprint density at radius 3 is 2.50 bits per heavy atom. The van der Waals surface area contributed by atoms with Crippen molar-refractivity contribution in [3.63, 3.8) is 0 Å². The quantitative estimate of drug-likeness (QED) is 0.388. The molecule has 6 heteroatoms. The largest absolute Gasteiger partial charge is 0.357 e. The normalized spacial score (nSPS) is 24.1. The maximum atomic E-state index is 4.76. The number of likely N-dealkylation sites (N-methyl/N-ethyl adjacent to an activating group) is 1. The summed E-state index contributed by atoms with van der Waals surface area (Å²) >= 11 is 0. The number of hydrogen-bond acceptors (Lipinski definition) is 3. The molecule has 0 aromatic carbocycles. The highest BCUT2D eigenvalue weighted by Gasteiger charge is 2.20. The van der Waals surface area contributed by atoms with Crippen LogP contribution in [0.1, 0.15) is 39.0 Å². The van der Waals surface area contributed by atoms with Gasteiger partial charge in [-0.3, -0.25) is 4.99 Å². The van der Waals surface area contributed by atoms with Gasteiger partial charge in [0.2, 0.25) is 0 Å². The minimum Gasteiger partial charge on any atom is -0.357 e. The number of nitrogens with zero attached hydrogens (tertiary/aromatic N) is 3. The summed E-state index contributed by atoms with van der Waals surface area (Å²) in [5.74, 6) is 0.981. The number of likely N-dealkylation sites (tertiary alicyclic amines) is 2. The molecule has 22 heavy (non-hydrogen) atoms. The van der Waals surface area contributed by atoms with Crippen LogP contribution in [0.2, 0.25) is 0 Å². The van der Waals surface area contributed by atoms with Crippen LogP contribution in [0.4, 0.5) is 0 Å². The van der Waals surface area contributed by atoms with E-state index < -0.39 is 0 Å². The van der Waals surface area contributed by atoms with E-state index >= 15 is 0 Å². The van der Waals surface area contributed by atoms with Crippen LogP contribution >= 0.6 is 24.0 Å². The molecule has 130 valence electrons. The Morgan fingerprint density at radius 2 is 1.86 bits per heavy atom. The van der Waals surface area contributed by atoms with Crippen LogP contribution in [0.15, 0.2) is 4.99 Å². The van der Waals surface area contributed by atoms with Crippen LogP contribution in [-0.2, 0) is 0 Å². The SMILES string of the molecule is CCNC(=NCC1CCCN1C)NCCN1CCCCC1.I. The number of aliphatic imine (C=N–C) groups is 1. The van der Waals surface area contributed by atoms with Crippen LogP contribution in [-0.4, -0.2) is 74.7 Å². The molecule has 0 aliphatic carbocycles. The summed E-state index contributed by atoms with van der Waals surface area (Å²) in [5.41, 5.74) is 0. The molecule has 0 radical (unpaired) electrons. The van der Waals surface area contributed by atoms with Gasteiger partial charge in [0.25, 0.3) is 0 Å². The average Bonchev–Trinajstić information content (AvgIpc) is 2.91. The van der Waals surface area contributed by atoms with Gasteiger partial charge < -0.3 is 20.4 Å². The molecule has 2 heterocycles. The Hall–Kier alpha value is -0.0800. The summed E-state index contributed by atoms with van der Waals surface area (Å²) in [7, 11) is 2.21. The number of halogens is 1. The van der Waals surface area contributed by atoms with Crippen LogP contribution in [0.3, 0.4) is 0 Å². The molecule has 0 aromatic heterocycles. The fraction of sp³-hybridized carbons (Fsp3) is 0.938. The first-order valence-electron chi connectivity index (χ1n) is 8.74. The zero-order valence-electron chi connectivity index (χ0n) is 14.3. The lowest BCUT2D eigenvalue weighted by atomic mass is 10.1. The highest BCUT2D eigenvalue weighted by molar-refractivity contribution is 14.0. The molecule has 0 saturated carbocycles. The summed E-state index contributed by atoms with van der Waals surface area (Å²) in [6.07, 6.45) is 6.73. The zero-order valence-corrected chi connectivity index (χ0v) is 16.6. The van der Waals surface area contributed by atoms with Crippen LogP contribution < -0.4 is 10.6 Å². The first-order valence-corrected chi connectivity index (χ1v) is 8.74. The first kappa shape index (κ1) is 20.0. The van der Waals surface area contributed by atoms with E-state index in [2.05, 4.69) is 34.4 Å². The van der Waals surface area contributed by atoms with Crippen molar-refractivity contribution in [2.24, 2.45) is 4.99 Å². The van der Waals surface area contributed by atoms with Gasteiger partial charge in [-0.15, -0.1) is 24.0 Å². The lowest BCUT2D eigenvalue weighted by molar-refractivity contribution is 0.232. The second-order valence-electron chi connectivity index (χ2n) is 6.33. The highest BCUT2D eigenvalue weighted by atomic mass is 127. The fourth-order valence-corrected chi connectivity index (χ4v) is 3.26. The summed E-state index contributed by atoms with van der Waals surface area (Å²) in [6.45, 7) is 9.85. The number of nitrogens with one attached hydrogen (secondary N) is 2. The van der Waals surface area contributed by atoms with Crippen molar-refractivity contribution >= 4 is 29.9 Å². The zero-order chi connectivity index (χ0) is 14.9. The predicted molar refractivity (Wildman–Crippen MR) is 105 cm³/mol. The van der Waals surface area contributed by atoms with Crippen molar-refractivity contribution in [1.82, 2.24) is 20.4 Å². The Kier molecular flexibility index (Phi) is 10.4. The number of piperidine rings is 1. The van der Waals surface area contributed by atoms with Crippen molar-refractivity contribution in [2.75, 3.05) is 52.9 Å². The van der Waals surface area contributed by atoms with Crippen molar-refractivity contribution in [3.8, 4) is 0 Å². The third-order valence-electron chi connectivity index (χ3n) is 4.65. The van der Waals surface area contributed by atoms with E-state index in [-0.39, 0.29) is 24.0 Å². The van der Waals surface area contributed by atoms with E-state index in [1.165, 1.54) is 51.7 Å². The smallest absolute Gasteiger partial charge is 0.191 e. The van der Waals surface area contributed by atoms with Crippen LogP contribution in [0.25, 0.3) is 0 Å². The number of hydrogen-bond donors (Lipinski definition) is 2. The average molecular weight is 423 g/mol. The second-order valence-corrected chi connectivity index (χ2v) is 6.33. The molecule has 1 unspecified atom stereocenters. The Bertz CT molecular complexity index is 318. The molecule has 2 N–H and O–H groups in total. The highest BCUT2D eigenvalue weighted by Crippen LogP contribution is 2.14. The molecular formula is C16H34IN5. The van der Waals surface area contributed by atoms with Gasteiger partial charge in [-0.2, -0.15) is 0 Å². The van der Waals surface area contributed by atoms with Gasteiger partial charge in [0, 0.05) is 25.7 Å². The Balaban J connectivity index is 0.00000242. The van der Waals surface area contributed by atoms with Gasteiger partial charge in [0.05, 0.1) is 6.54 Å². The molecule has 2 saturated heterocycles. The van der Waals surface area contributed by atoms with Crippen LogP contribution in [0, 0.1) is 0 Å². The molecule has 2 aliphatic heterocycles. The van der Waals surface area contributed by atoms with Gasteiger partial charge in [0.1, 0.15) is 0 Å². The maximum absolute atomic E-state index is 4.76.